The van der Waals surface area contributed by atoms with Crippen LogP contribution in [-0.4, -0.2) is 54.9 Å². The molecule has 1 saturated heterocycles. The molecule has 0 aromatic carbocycles. The van der Waals surface area contributed by atoms with Gasteiger partial charge in [-0.15, -0.1) is 0 Å². The van der Waals surface area contributed by atoms with E-state index >= 15 is 0 Å². The third-order valence-electron chi connectivity index (χ3n) is 3.32. The van der Waals surface area contributed by atoms with E-state index in [4.69, 9.17) is 15.2 Å². The number of ether oxygens (including phenoxy) is 2. The highest BCUT2D eigenvalue weighted by Gasteiger charge is 2.26. The second kappa shape index (κ2) is 8.61. The number of hydrogen-bond acceptors (Lipinski definition) is 6. The molecule has 7 nitrogen and oxygen atoms in total. The van der Waals surface area contributed by atoms with Crippen molar-refractivity contribution in [3.05, 3.63) is 12.1 Å². The minimum absolute atomic E-state index is 0.269. The fourth-order valence-corrected chi connectivity index (χ4v) is 2.23. The molecule has 1 aromatic rings. The van der Waals surface area contributed by atoms with Crippen molar-refractivity contribution in [2.24, 2.45) is 0 Å². The van der Waals surface area contributed by atoms with E-state index in [0.717, 1.165) is 5.82 Å². The van der Waals surface area contributed by atoms with Crippen LogP contribution < -0.4 is 15.4 Å². The van der Waals surface area contributed by atoms with Gasteiger partial charge in [-0.05, 0) is 32.9 Å². The second-order valence-corrected chi connectivity index (χ2v) is 6.22. The van der Waals surface area contributed by atoms with E-state index in [0.29, 0.717) is 37.7 Å². The Balaban J connectivity index is 0.00000139. The Morgan fingerprint density at radius 1 is 1.17 bits per heavy atom. The van der Waals surface area contributed by atoms with Gasteiger partial charge in [0.2, 0.25) is 5.88 Å². The molecule has 1 fully saturated rings. The second-order valence-electron chi connectivity index (χ2n) is 6.22. The first kappa shape index (κ1) is 19.9. The number of nitrogens with zero attached hydrogens (tertiary/aromatic N) is 3. The zero-order valence-electron chi connectivity index (χ0n) is 15.6. The summed E-state index contributed by atoms with van der Waals surface area (Å²) in [6, 6.07) is 3.64. The number of pyridine rings is 1. The quantitative estimate of drug-likeness (QED) is 0.893. The Bertz CT molecular complexity index is 535. The number of rotatable bonds is 2. The molecule has 136 valence electrons. The van der Waals surface area contributed by atoms with E-state index in [1.54, 1.807) is 18.1 Å². The van der Waals surface area contributed by atoms with Gasteiger partial charge in [0.1, 0.15) is 11.4 Å². The average Bonchev–Trinajstić information content (AvgIpc) is 2.56. The Morgan fingerprint density at radius 3 is 2.25 bits per heavy atom. The van der Waals surface area contributed by atoms with Crippen molar-refractivity contribution >= 4 is 17.6 Å². The summed E-state index contributed by atoms with van der Waals surface area (Å²) in [5.74, 6) is 1.22. The fourth-order valence-electron chi connectivity index (χ4n) is 2.23. The van der Waals surface area contributed by atoms with Crippen molar-refractivity contribution in [2.75, 3.05) is 43.9 Å². The molecule has 0 spiro atoms. The molecular formula is C17H30N4O3. The van der Waals surface area contributed by atoms with Crippen LogP contribution in [-0.2, 0) is 4.74 Å². The third kappa shape index (κ3) is 5.47. The lowest BCUT2D eigenvalue weighted by Crippen LogP contribution is -2.50. The van der Waals surface area contributed by atoms with Crippen LogP contribution in [0, 0.1) is 0 Å². The van der Waals surface area contributed by atoms with Crippen molar-refractivity contribution < 1.29 is 14.3 Å². The van der Waals surface area contributed by atoms with Crippen molar-refractivity contribution in [3.8, 4) is 5.88 Å². The normalized spacial score (nSPS) is 14.6. The van der Waals surface area contributed by atoms with Crippen LogP contribution >= 0.6 is 0 Å². The standard InChI is InChI=1S/C15H24N4O3.C2H6/c1-15(2,3)22-14(20)19-9-7-18(8-10-19)12-6-5-11(16)13(17-12)21-4;1-2/h5-6H,7-10,16H2,1-4H3;1-2H3. The lowest BCUT2D eigenvalue weighted by atomic mass is 10.2. The van der Waals surface area contributed by atoms with Gasteiger partial charge in [0.25, 0.3) is 0 Å². The average molecular weight is 338 g/mol. The molecule has 1 aromatic heterocycles. The molecule has 2 N–H and O–H groups in total. The molecule has 0 radical (unpaired) electrons. The first-order valence-corrected chi connectivity index (χ1v) is 8.33. The topological polar surface area (TPSA) is 80.9 Å². The number of methoxy groups -OCH3 is 1. The van der Waals surface area contributed by atoms with E-state index in [1.807, 2.05) is 40.7 Å². The summed E-state index contributed by atoms with van der Waals surface area (Å²) in [6.45, 7) is 12.2. The minimum Gasteiger partial charge on any atom is -0.479 e. The Kier molecular flexibility index (Phi) is 7.13. The lowest BCUT2D eigenvalue weighted by molar-refractivity contribution is 0.0240. The molecule has 2 rings (SSSR count). The molecule has 1 aliphatic heterocycles. The van der Waals surface area contributed by atoms with Crippen LogP contribution in [0.2, 0.25) is 0 Å². The van der Waals surface area contributed by atoms with Gasteiger partial charge in [-0.2, -0.15) is 4.98 Å². The highest BCUT2D eigenvalue weighted by atomic mass is 16.6. The maximum Gasteiger partial charge on any atom is 0.410 e. The smallest absolute Gasteiger partial charge is 0.410 e. The van der Waals surface area contributed by atoms with Crippen molar-refractivity contribution in [1.29, 1.82) is 0 Å². The molecule has 2 heterocycles. The summed E-state index contributed by atoms with van der Waals surface area (Å²) in [7, 11) is 1.54. The van der Waals surface area contributed by atoms with Gasteiger partial charge in [-0.3, -0.25) is 0 Å². The van der Waals surface area contributed by atoms with E-state index in [9.17, 15) is 4.79 Å². The maximum absolute atomic E-state index is 12.0. The highest BCUT2D eigenvalue weighted by Crippen LogP contribution is 2.23. The minimum atomic E-state index is -0.472. The largest absolute Gasteiger partial charge is 0.479 e. The number of aromatic nitrogens is 1. The number of anilines is 2. The molecule has 0 bridgehead atoms. The number of carbonyl (C=O) groups excluding carboxylic acids is 1. The number of amides is 1. The van der Waals surface area contributed by atoms with Gasteiger partial charge in [-0.1, -0.05) is 13.8 Å². The van der Waals surface area contributed by atoms with Gasteiger partial charge in [0.15, 0.2) is 0 Å². The zero-order valence-corrected chi connectivity index (χ0v) is 15.6. The highest BCUT2D eigenvalue weighted by molar-refractivity contribution is 5.68. The zero-order chi connectivity index (χ0) is 18.3. The Morgan fingerprint density at radius 2 is 1.75 bits per heavy atom. The van der Waals surface area contributed by atoms with E-state index < -0.39 is 5.60 Å². The van der Waals surface area contributed by atoms with E-state index in [-0.39, 0.29) is 6.09 Å². The summed E-state index contributed by atoms with van der Waals surface area (Å²) in [6.07, 6.45) is -0.269. The monoisotopic (exact) mass is 338 g/mol. The Labute approximate surface area is 144 Å². The van der Waals surface area contributed by atoms with Crippen LogP contribution in [0.1, 0.15) is 34.6 Å². The molecule has 7 heteroatoms. The van der Waals surface area contributed by atoms with Gasteiger partial charge >= 0.3 is 6.09 Å². The molecule has 0 unspecified atom stereocenters. The molecule has 0 saturated carbocycles. The predicted molar refractivity (Wildman–Crippen MR) is 96.6 cm³/mol. The third-order valence-corrected chi connectivity index (χ3v) is 3.32. The molecule has 24 heavy (non-hydrogen) atoms. The maximum atomic E-state index is 12.0. The number of nitrogen functional groups attached to an aromatic ring is 1. The van der Waals surface area contributed by atoms with Gasteiger partial charge in [0, 0.05) is 26.2 Å². The summed E-state index contributed by atoms with van der Waals surface area (Å²) in [5, 5.41) is 0. The molecule has 0 aliphatic carbocycles. The molecule has 0 atom stereocenters. The molecule has 1 aliphatic rings. The molecule has 1 amide bonds. The molecular weight excluding hydrogens is 308 g/mol. The van der Waals surface area contributed by atoms with Crippen LogP contribution in [0.25, 0.3) is 0 Å². The summed E-state index contributed by atoms with van der Waals surface area (Å²) in [4.78, 5) is 20.2. The van der Waals surface area contributed by atoms with E-state index in [2.05, 4.69) is 9.88 Å². The lowest BCUT2D eigenvalue weighted by Gasteiger charge is -2.36. The van der Waals surface area contributed by atoms with Gasteiger partial charge < -0.3 is 25.0 Å². The number of hydrogen-bond donors (Lipinski definition) is 1. The summed E-state index contributed by atoms with van der Waals surface area (Å²) < 4.78 is 10.5. The number of carbonyl (C=O) groups is 1. The van der Waals surface area contributed by atoms with Crippen molar-refractivity contribution in [1.82, 2.24) is 9.88 Å². The number of nitrogens with two attached hydrogens (primary N) is 1. The Hall–Kier alpha value is -2.18. The van der Waals surface area contributed by atoms with Crippen LogP contribution in [0.5, 0.6) is 5.88 Å². The summed E-state index contributed by atoms with van der Waals surface area (Å²) in [5.41, 5.74) is 5.82. The number of piperazine rings is 1. The van der Waals surface area contributed by atoms with Crippen molar-refractivity contribution in [3.63, 3.8) is 0 Å². The van der Waals surface area contributed by atoms with Crippen LogP contribution in [0.3, 0.4) is 0 Å². The van der Waals surface area contributed by atoms with Gasteiger partial charge in [-0.25, -0.2) is 4.79 Å². The van der Waals surface area contributed by atoms with Gasteiger partial charge in [0.05, 0.1) is 12.8 Å². The summed E-state index contributed by atoms with van der Waals surface area (Å²) >= 11 is 0. The fraction of sp³-hybridized carbons (Fsp3) is 0.647. The predicted octanol–water partition coefficient (Wildman–Crippen LogP) is 2.76. The van der Waals surface area contributed by atoms with Crippen LogP contribution in [0.15, 0.2) is 12.1 Å². The SMILES string of the molecule is CC.COc1nc(N2CCN(C(=O)OC(C)(C)C)CC2)ccc1N. The van der Waals surface area contributed by atoms with Crippen molar-refractivity contribution in [2.45, 2.75) is 40.2 Å². The van der Waals surface area contributed by atoms with Crippen LogP contribution in [0.4, 0.5) is 16.3 Å². The van der Waals surface area contributed by atoms with E-state index in [1.165, 1.54) is 0 Å². The first-order chi connectivity index (χ1) is 11.3. The first-order valence-electron chi connectivity index (χ1n) is 8.33.